The highest BCUT2D eigenvalue weighted by molar-refractivity contribution is 4.92. The normalized spacial score (nSPS) is 43.7. The van der Waals surface area contributed by atoms with Crippen LogP contribution in [0.4, 0.5) is 0 Å². The van der Waals surface area contributed by atoms with Gasteiger partial charge in [-0.05, 0) is 64.2 Å². The number of rotatable bonds is 1. The molecule has 0 aromatic rings. The molecule has 4 atom stereocenters. The Kier molecular flexibility index (Phi) is 3.92. The van der Waals surface area contributed by atoms with Gasteiger partial charge in [0.05, 0.1) is 0 Å². The fraction of sp³-hybridized carbons (Fsp3) is 1.00. The van der Waals surface area contributed by atoms with Gasteiger partial charge in [0.1, 0.15) is 0 Å². The largest absolute Gasteiger partial charge is 0.315 e. The first-order valence-corrected chi connectivity index (χ1v) is 7.89. The zero-order valence-corrected chi connectivity index (χ0v) is 12.1. The molecule has 0 aromatic carbocycles. The minimum absolute atomic E-state index is 0.807. The van der Waals surface area contributed by atoms with Gasteiger partial charge in [-0.2, -0.15) is 0 Å². The summed E-state index contributed by atoms with van der Waals surface area (Å²) in [5.74, 6) is 1.80. The van der Waals surface area contributed by atoms with Crippen molar-refractivity contribution >= 4 is 0 Å². The van der Waals surface area contributed by atoms with Gasteiger partial charge >= 0.3 is 0 Å². The van der Waals surface area contributed by atoms with E-state index in [0.29, 0.717) is 0 Å². The monoisotopic (exact) mass is 251 g/mol. The molecule has 3 rings (SSSR count). The molecule has 3 saturated heterocycles. The van der Waals surface area contributed by atoms with E-state index in [4.69, 9.17) is 0 Å². The second-order valence-corrected chi connectivity index (χ2v) is 6.89. The third-order valence-corrected chi connectivity index (χ3v) is 5.44. The first-order valence-electron chi connectivity index (χ1n) is 7.89. The average Bonchev–Trinajstić information content (AvgIpc) is 2.39. The van der Waals surface area contributed by atoms with Gasteiger partial charge in [-0.3, -0.25) is 4.90 Å². The molecule has 0 amide bonds. The van der Waals surface area contributed by atoms with Crippen LogP contribution >= 0.6 is 0 Å². The Morgan fingerprint density at radius 1 is 1.11 bits per heavy atom. The van der Waals surface area contributed by atoms with Crippen LogP contribution in [-0.4, -0.2) is 61.7 Å². The van der Waals surface area contributed by atoms with Gasteiger partial charge in [-0.15, -0.1) is 0 Å². The van der Waals surface area contributed by atoms with Gasteiger partial charge in [0.2, 0.25) is 0 Å². The third-order valence-electron chi connectivity index (χ3n) is 5.44. The third kappa shape index (κ3) is 2.59. The van der Waals surface area contributed by atoms with Gasteiger partial charge < -0.3 is 10.2 Å². The highest BCUT2D eigenvalue weighted by Gasteiger charge is 2.36. The highest BCUT2D eigenvalue weighted by Crippen LogP contribution is 2.31. The van der Waals surface area contributed by atoms with Gasteiger partial charge in [0.15, 0.2) is 0 Å². The van der Waals surface area contributed by atoms with Crippen LogP contribution in [0.3, 0.4) is 0 Å². The molecule has 0 spiro atoms. The Morgan fingerprint density at radius 2 is 2.00 bits per heavy atom. The predicted octanol–water partition coefficient (Wildman–Crippen LogP) is 1.40. The number of hydrogen-bond donors (Lipinski definition) is 1. The topological polar surface area (TPSA) is 18.5 Å². The quantitative estimate of drug-likeness (QED) is 0.760. The maximum atomic E-state index is 3.61. The molecule has 0 aliphatic carbocycles. The van der Waals surface area contributed by atoms with Crippen molar-refractivity contribution in [1.82, 2.24) is 15.1 Å². The van der Waals surface area contributed by atoms with Crippen molar-refractivity contribution in [2.75, 3.05) is 39.8 Å². The van der Waals surface area contributed by atoms with Crippen LogP contribution < -0.4 is 5.32 Å². The summed E-state index contributed by atoms with van der Waals surface area (Å²) in [4.78, 5) is 5.41. The van der Waals surface area contributed by atoms with Crippen molar-refractivity contribution in [1.29, 1.82) is 0 Å². The standard InChI is InChI=1S/C15H29N3/c1-12-8-14(10-16-9-12)18-7-5-15-13(11-18)4-3-6-17(15)2/h12-16H,3-11H2,1-2H3. The zero-order valence-electron chi connectivity index (χ0n) is 12.1. The molecule has 3 aliphatic heterocycles. The second-order valence-electron chi connectivity index (χ2n) is 6.89. The van der Waals surface area contributed by atoms with Crippen molar-refractivity contribution in [3.63, 3.8) is 0 Å². The molecule has 3 nitrogen and oxygen atoms in total. The van der Waals surface area contributed by atoms with E-state index in [0.717, 1.165) is 23.9 Å². The molecule has 0 radical (unpaired) electrons. The Balaban J connectivity index is 1.59. The summed E-state index contributed by atoms with van der Waals surface area (Å²) in [5.41, 5.74) is 0. The lowest BCUT2D eigenvalue weighted by molar-refractivity contribution is 0.0115. The molecule has 0 aromatic heterocycles. The number of nitrogens with zero attached hydrogens (tertiary/aromatic N) is 2. The lowest BCUT2D eigenvalue weighted by Gasteiger charge is -2.49. The first-order chi connectivity index (χ1) is 8.74. The summed E-state index contributed by atoms with van der Waals surface area (Å²) in [6.45, 7) is 8.83. The van der Waals surface area contributed by atoms with Gasteiger partial charge in [0.25, 0.3) is 0 Å². The maximum absolute atomic E-state index is 3.61. The molecule has 3 heterocycles. The smallest absolute Gasteiger partial charge is 0.0223 e. The lowest BCUT2D eigenvalue weighted by atomic mass is 9.83. The Bertz CT molecular complexity index is 279. The minimum atomic E-state index is 0.807. The summed E-state index contributed by atoms with van der Waals surface area (Å²) in [6.07, 6.45) is 5.66. The highest BCUT2D eigenvalue weighted by atomic mass is 15.2. The molecular weight excluding hydrogens is 222 g/mol. The Hall–Kier alpha value is -0.120. The summed E-state index contributed by atoms with van der Waals surface area (Å²) >= 11 is 0. The molecule has 0 saturated carbocycles. The summed E-state index contributed by atoms with van der Waals surface area (Å²) in [7, 11) is 2.33. The first kappa shape index (κ1) is 12.9. The molecule has 3 aliphatic rings. The minimum Gasteiger partial charge on any atom is -0.315 e. The van der Waals surface area contributed by atoms with E-state index in [9.17, 15) is 0 Å². The molecule has 18 heavy (non-hydrogen) atoms. The predicted molar refractivity (Wildman–Crippen MR) is 75.8 cm³/mol. The van der Waals surface area contributed by atoms with Crippen molar-refractivity contribution in [2.24, 2.45) is 11.8 Å². The molecule has 4 unspecified atom stereocenters. The zero-order chi connectivity index (χ0) is 12.5. The van der Waals surface area contributed by atoms with E-state index in [1.807, 2.05) is 0 Å². The molecule has 1 N–H and O–H groups in total. The molecule has 104 valence electrons. The molecule has 3 heteroatoms. The number of nitrogens with one attached hydrogen (secondary N) is 1. The van der Waals surface area contributed by atoms with E-state index in [2.05, 4.69) is 29.1 Å². The van der Waals surface area contributed by atoms with E-state index >= 15 is 0 Å². The molecular formula is C15H29N3. The van der Waals surface area contributed by atoms with E-state index < -0.39 is 0 Å². The van der Waals surface area contributed by atoms with Gasteiger partial charge in [-0.1, -0.05) is 6.92 Å². The number of hydrogen-bond acceptors (Lipinski definition) is 3. The fourth-order valence-corrected chi connectivity index (χ4v) is 4.42. The van der Waals surface area contributed by atoms with Crippen LogP contribution in [-0.2, 0) is 0 Å². The van der Waals surface area contributed by atoms with Crippen LogP contribution in [0, 0.1) is 11.8 Å². The fourth-order valence-electron chi connectivity index (χ4n) is 4.42. The van der Waals surface area contributed by atoms with Crippen molar-refractivity contribution < 1.29 is 0 Å². The van der Waals surface area contributed by atoms with Gasteiger partial charge in [-0.25, -0.2) is 0 Å². The lowest BCUT2D eigenvalue weighted by Crippen LogP contribution is -2.57. The van der Waals surface area contributed by atoms with Crippen LogP contribution in [0.15, 0.2) is 0 Å². The Morgan fingerprint density at radius 3 is 2.83 bits per heavy atom. The second kappa shape index (κ2) is 5.48. The van der Waals surface area contributed by atoms with Crippen LogP contribution in [0.1, 0.15) is 32.6 Å². The van der Waals surface area contributed by atoms with Crippen LogP contribution in [0.25, 0.3) is 0 Å². The summed E-state index contributed by atoms with van der Waals surface area (Å²) in [5, 5.41) is 3.61. The van der Waals surface area contributed by atoms with E-state index in [1.165, 1.54) is 58.4 Å². The van der Waals surface area contributed by atoms with Gasteiger partial charge in [0, 0.05) is 25.2 Å². The summed E-state index contributed by atoms with van der Waals surface area (Å²) in [6, 6.07) is 1.69. The summed E-state index contributed by atoms with van der Waals surface area (Å²) < 4.78 is 0. The SMILES string of the molecule is CC1CNCC(N2CCC3C(CCCN3C)C2)C1. The van der Waals surface area contributed by atoms with Crippen LogP contribution in [0.5, 0.6) is 0 Å². The van der Waals surface area contributed by atoms with Crippen molar-refractivity contribution in [2.45, 2.75) is 44.7 Å². The molecule has 3 fully saturated rings. The number of piperidine rings is 3. The van der Waals surface area contributed by atoms with E-state index in [1.54, 1.807) is 0 Å². The number of fused-ring (bicyclic) bond motifs is 1. The molecule has 0 bridgehead atoms. The average molecular weight is 251 g/mol. The maximum Gasteiger partial charge on any atom is 0.0223 e. The number of likely N-dealkylation sites (tertiary alicyclic amines) is 2. The Labute approximate surface area is 112 Å². The van der Waals surface area contributed by atoms with Crippen LogP contribution in [0.2, 0.25) is 0 Å². The van der Waals surface area contributed by atoms with E-state index in [-0.39, 0.29) is 0 Å². The van der Waals surface area contributed by atoms with Crippen molar-refractivity contribution in [3.05, 3.63) is 0 Å². The van der Waals surface area contributed by atoms with Crippen molar-refractivity contribution in [3.8, 4) is 0 Å².